The highest BCUT2D eigenvalue weighted by Gasteiger charge is 2.65. The first-order valence-electron chi connectivity index (χ1n) is 7.33. The van der Waals surface area contributed by atoms with Crippen molar-refractivity contribution in [3.05, 3.63) is 12.7 Å². The minimum atomic E-state index is -1.24. The summed E-state index contributed by atoms with van der Waals surface area (Å²) in [5.74, 6) is -1.45. The first-order valence-corrected chi connectivity index (χ1v) is 7.33. The van der Waals surface area contributed by atoms with Crippen molar-refractivity contribution in [3.63, 3.8) is 0 Å². The second kappa shape index (κ2) is 4.75. The van der Waals surface area contributed by atoms with Gasteiger partial charge in [-0.1, -0.05) is 6.08 Å². The van der Waals surface area contributed by atoms with Gasteiger partial charge in [0.25, 0.3) is 0 Å². The average Bonchev–Trinajstić information content (AvgIpc) is 2.92. The van der Waals surface area contributed by atoms with Crippen molar-refractivity contribution in [2.45, 2.75) is 75.9 Å². The van der Waals surface area contributed by atoms with E-state index in [4.69, 9.17) is 23.7 Å². The third kappa shape index (κ3) is 2.54. The van der Waals surface area contributed by atoms with Crippen LogP contribution in [0.1, 0.15) is 34.1 Å². The summed E-state index contributed by atoms with van der Waals surface area (Å²) in [4.78, 5) is 0. The molecule has 6 nitrogen and oxygen atoms in total. The van der Waals surface area contributed by atoms with Crippen LogP contribution >= 0.6 is 0 Å². The van der Waals surface area contributed by atoms with Gasteiger partial charge in [-0.15, -0.1) is 6.58 Å². The molecule has 0 aromatic heterocycles. The summed E-state index contributed by atoms with van der Waals surface area (Å²) in [7, 11) is 0. The zero-order chi connectivity index (χ0) is 15.5. The molecule has 0 spiro atoms. The molecule has 6 heteroatoms. The lowest BCUT2D eigenvalue weighted by Gasteiger charge is -2.35. The molecule has 0 aromatic carbocycles. The van der Waals surface area contributed by atoms with E-state index < -0.39 is 35.7 Å². The van der Waals surface area contributed by atoms with Crippen molar-refractivity contribution in [2.75, 3.05) is 6.61 Å². The number of hydrogen-bond donors (Lipinski definition) is 1. The van der Waals surface area contributed by atoms with Crippen LogP contribution in [-0.4, -0.2) is 53.5 Å². The van der Waals surface area contributed by atoms with Crippen molar-refractivity contribution in [2.24, 2.45) is 0 Å². The molecule has 0 bridgehead atoms. The lowest BCUT2D eigenvalue weighted by Crippen LogP contribution is -2.53. The molecule has 3 saturated heterocycles. The van der Waals surface area contributed by atoms with Gasteiger partial charge in [0.1, 0.15) is 23.9 Å². The van der Waals surface area contributed by atoms with Crippen molar-refractivity contribution in [1.82, 2.24) is 0 Å². The van der Waals surface area contributed by atoms with E-state index in [1.165, 1.54) is 0 Å². The minimum absolute atomic E-state index is 0.332. The van der Waals surface area contributed by atoms with Crippen LogP contribution in [0.2, 0.25) is 0 Å². The fourth-order valence-electron chi connectivity index (χ4n) is 3.33. The van der Waals surface area contributed by atoms with E-state index in [1.807, 2.05) is 13.8 Å². The molecule has 0 aliphatic carbocycles. The zero-order valence-corrected chi connectivity index (χ0v) is 13.0. The molecule has 21 heavy (non-hydrogen) atoms. The molecule has 3 rings (SSSR count). The fraction of sp³-hybridized carbons (Fsp3) is 0.867. The van der Waals surface area contributed by atoms with Gasteiger partial charge in [-0.25, -0.2) is 0 Å². The molecule has 3 aliphatic heterocycles. The second-order valence-electron chi connectivity index (χ2n) is 6.83. The van der Waals surface area contributed by atoms with Crippen LogP contribution in [0.5, 0.6) is 0 Å². The van der Waals surface area contributed by atoms with E-state index in [2.05, 4.69) is 6.58 Å². The maximum atomic E-state index is 11.1. The van der Waals surface area contributed by atoms with E-state index in [0.717, 1.165) is 0 Å². The normalized spacial score (nSPS) is 47.5. The van der Waals surface area contributed by atoms with E-state index in [-0.39, 0.29) is 6.10 Å². The first-order chi connectivity index (χ1) is 9.67. The first kappa shape index (κ1) is 15.4. The maximum absolute atomic E-state index is 11.1. The molecule has 1 unspecified atom stereocenters. The summed E-state index contributed by atoms with van der Waals surface area (Å²) < 4.78 is 28.9. The number of aliphatic hydroxyl groups is 1. The lowest BCUT2D eigenvalue weighted by atomic mass is 9.86. The monoisotopic (exact) mass is 300 g/mol. The molecule has 3 aliphatic rings. The van der Waals surface area contributed by atoms with Crippen molar-refractivity contribution >= 4 is 0 Å². The van der Waals surface area contributed by atoms with Gasteiger partial charge in [-0.05, 0) is 34.1 Å². The van der Waals surface area contributed by atoms with Crippen LogP contribution in [0, 0.1) is 0 Å². The van der Waals surface area contributed by atoms with Crippen molar-refractivity contribution in [3.8, 4) is 0 Å². The average molecular weight is 300 g/mol. The molecule has 0 amide bonds. The van der Waals surface area contributed by atoms with Crippen molar-refractivity contribution in [1.29, 1.82) is 0 Å². The van der Waals surface area contributed by atoms with Crippen LogP contribution < -0.4 is 0 Å². The Morgan fingerprint density at radius 3 is 2.38 bits per heavy atom. The van der Waals surface area contributed by atoms with Crippen LogP contribution in [0.15, 0.2) is 12.7 Å². The molecule has 1 N–H and O–H groups in total. The molecule has 0 aromatic rings. The third-order valence-corrected chi connectivity index (χ3v) is 4.16. The maximum Gasteiger partial charge on any atom is 0.190 e. The highest BCUT2D eigenvalue weighted by atomic mass is 16.8. The van der Waals surface area contributed by atoms with Crippen LogP contribution in [0.25, 0.3) is 0 Å². The summed E-state index contributed by atoms with van der Waals surface area (Å²) in [6, 6.07) is 0. The number of ether oxygens (including phenoxy) is 5. The van der Waals surface area contributed by atoms with Gasteiger partial charge < -0.3 is 28.8 Å². The lowest BCUT2D eigenvalue weighted by molar-refractivity contribution is -0.247. The Morgan fingerprint density at radius 1 is 1.10 bits per heavy atom. The Bertz CT molecular complexity index is 434. The molecule has 3 fully saturated rings. The van der Waals surface area contributed by atoms with Gasteiger partial charge in [-0.3, -0.25) is 0 Å². The predicted molar refractivity (Wildman–Crippen MR) is 73.4 cm³/mol. The Kier molecular flexibility index (Phi) is 3.48. The SMILES string of the molecule is C=CC[C@@]1(O)[C@H](C2COC(C)(C)O2)O[C@@H]2OC(C)(C)O[C@@H]21. The van der Waals surface area contributed by atoms with Crippen molar-refractivity contribution < 1.29 is 28.8 Å². The van der Waals surface area contributed by atoms with E-state index in [0.29, 0.717) is 13.0 Å². The van der Waals surface area contributed by atoms with E-state index in [9.17, 15) is 5.11 Å². The van der Waals surface area contributed by atoms with Gasteiger partial charge in [0.05, 0.1) is 6.61 Å². The standard InChI is InChI=1S/C15H24O6/c1-6-7-15(16)10(9-8-17-13(2,3)19-9)18-12-11(15)20-14(4,5)21-12/h6,9-12,16H,1,7-8H2,2-5H3/t9?,10-,11-,12+,15+/m0/s1. The Morgan fingerprint density at radius 2 is 1.81 bits per heavy atom. The Labute approximate surface area is 125 Å². The second-order valence-corrected chi connectivity index (χ2v) is 6.83. The summed E-state index contributed by atoms with van der Waals surface area (Å²) >= 11 is 0. The summed E-state index contributed by atoms with van der Waals surface area (Å²) in [5.41, 5.74) is -1.24. The van der Waals surface area contributed by atoms with Gasteiger partial charge in [0.2, 0.25) is 0 Å². The van der Waals surface area contributed by atoms with Crippen LogP contribution in [-0.2, 0) is 23.7 Å². The van der Waals surface area contributed by atoms with Gasteiger partial charge in [-0.2, -0.15) is 0 Å². The summed E-state index contributed by atoms with van der Waals surface area (Å²) in [6.45, 7) is 11.4. The van der Waals surface area contributed by atoms with Gasteiger partial charge >= 0.3 is 0 Å². The minimum Gasteiger partial charge on any atom is -0.384 e. The molecule has 120 valence electrons. The smallest absolute Gasteiger partial charge is 0.190 e. The molecule has 5 atom stereocenters. The van der Waals surface area contributed by atoms with E-state index in [1.54, 1.807) is 19.9 Å². The highest BCUT2D eigenvalue weighted by molar-refractivity contribution is 5.10. The van der Waals surface area contributed by atoms with Gasteiger partial charge in [0, 0.05) is 0 Å². The third-order valence-electron chi connectivity index (χ3n) is 4.16. The molecule has 0 saturated carbocycles. The molecule has 0 radical (unpaired) electrons. The summed E-state index contributed by atoms with van der Waals surface area (Å²) in [6.07, 6.45) is -0.133. The molecule has 3 heterocycles. The van der Waals surface area contributed by atoms with Crippen LogP contribution in [0.4, 0.5) is 0 Å². The Balaban J connectivity index is 1.84. The number of hydrogen-bond acceptors (Lipinski definition) is 6. The van der Waals surface area contributed by atoms with Gasteiger partial charge in [0.15, 0.2) is 17.9 Å². The number of fused-ring (bicyclic) bond motifs is 1. The largest absolute Gasteiger partial charge is 0.384 e. The van der Waals surface area contributed by atoms with Crippen LogP contribution in [0.3, 0.4) is 0 Å². The summed E-state index contributed by atoms with van der Waals surface area (Å²) in [5, 5.41) is 11.1. The molecular formula is C15H24O6. The quantitative estimate of drug-likeness (QED) is 0.793. The highest BCUT2D eigenvalue weighted by Crippen LogP contribution is 2.47. The number of rotatable bonds is 3. The topological polar surface area (TPSA) is 66.4 Å². The zero-order valence-electron chi connectivity index (χ0n) is 13.0. The van der Waals surface area contributed by atoms with E-state index >= 15 is 0 Å². The fourth-order valence-corrected chi connectivity index (χ4v) is 3.33. The predicted octanol–water partition coefficient (Wildman–Crippen LogP) is 1.32. The molecular weight excluding hydrogens is 276 g/mol. The Hall–Kier alpha value is -0.500.